The van der Waals surface area contributed by atoms with Gasteiger partial charge in [0.05, 0.1) is 16.8 Å². The Bertz CT molecular complexity index is 687. The predicted octanol–water partition coefficient (Wildman–Crippen LogP) is 1.73. The third kappa shape index (κ3) is 1.72. The summed E-state index contributed by atoms with van der Waals surface area (Å²) in [6, 6.07) is 5.42. The van der Waals surface area contributed by atoms with Crippen LogP contribution in [0.3, 0.4) is 0 Å². The number of aryl methyl sites for hydroxylation is 1. The summed E-state index contributed by atoms with van der Waals surface area (Å²) in [6.07, 6.45) is 1.61. The van der Waals surface area contributed by atoms with Gasteiger partial charge in [-0.1, -0.05) is 6.07 Å². The molecule has 3 heterocycles. The van der Waals surface area contributed by atoms with E-state index >= 15 is 0 Å². The molecular formula is C11H8N4OS. The fourth-order valence-corrected chi connectivity index (χ4v) is 2.23. The minimum Gasteiger partial charge on any atom is -0.286 e. The van der Waals surface area contributed by atoms with Crippen molar-refractivity contribution < 1.29 is 4.79 Å². The predicted molar refractivity (Wildman–Crippen MR) is 63.3 cm³/mol. The monoisotopic (exact) mass is 244 g/mol. The average Bonchev–Trinajstić information content (AvgIpc) is 2.94. The summed E-state index contributed by atoms with van der Waals surface area (Å²) < 4.78 is 1.57. The summed E-state index contributed by atoms with van der Waals surface area (Å²) >= 11 is 1.39. The van der Waals surface area contributed by atoms with E-state index in [1.165, 1.54) is 11.3 Å². The molecule has 0 bridgehead atoms. The van der Waals surface area contributed by atoms with Crippen molar-refractivity contribution in [3.63, 3.8) is 0 Å². The third-order valence-corrected chi connectivity index (χ3v) is 3.19. The summed E-state index contributed by atoms with van der Waals surface area (Å²) in [6.45, 7) is 1.87. The maximum absolute atomic E-state index is 12.0. The fraction of sp³-hybridized carbons (Fsp3) is 0.0909. The molecule has 0 amide bonds. The average molecular weight is 244 g/mol. The highest BCUT2D eigenvalue weighted by atomic mass is 32.1. The van der Waals surface area contributed by atoms with Gasteiger partial charge < -0.3 is 0 Å². The summed E-state index contributed by atoms with van der Waals surface area (Å²) in [5.41, 5.74) is 1.80. The number of carbonyl (C=O) groups excluding carboxylic acids is 1. The Morgan fingerprint density at radius 2 is 2.29 bits per heavy atom. The molecule has 5 nitrogen and oxygen atoms in total. The number of ketones is 1. The van der Waals surface area contributed by atoms with Gasteiger partial charge in [-0.15, -0.1) is 21.5 Å². The normalized spacial score (nSPS) is 10.9. The molecular weight excluding hydrogens is 236 g/mol. The highest BCUT2D eigenvalue weighted by molar-refractivity contribution is 7.12. The number of hydrogen-bond donors (Lipinski definition) is 0. The molecule has 3 rings (SSSR count). The third-order valence-electron chi connectivity index (χ3n) is 2.32. The molecule has 0 fully saturated rings. The summed E-state index contributed by atoms with van der Waals surface area (Å²) in [5.74, 6) is -0.123. The molecule has 0 spiro atoms. The number of fused-ring (bicyclic) bond motifs is 1. The first-order valence-electron chi connectivity index (χ1n) is 5.02. The number of nitrogens with zero attached hydrogens (tertiary/aromatic N) is 4. The van der Waals surface area contributed by atoms with E-state index < -0.39 is 0 Å². The number of aromatic nitrogens is 4. The van der Waals surface area contributed by atoms with E-state index in [4.69, 9.17) is 0 Å². The SMILES string of the molecule is Cc1cc2nnc(C(=O)c3cccs3)cn2n1. The molecule has 0 aliphatic carbocycles. The molecule has 0 N–H and O–H groups in total. The zero-order chi connectivity index (χ0) is 11.8. The van der Waals surface area contributed by atoms with E-state index in [1.807, 2.05) is 24.4 Å². The first kappa shape index (κ1) is 10.1. The van der Waals surface area contributed by atoms with Crippen LogP contribution in [0.2, 0.25) is 0 Å². The zero-order valence-corrected chi connectivity index (χ0v) is 9.81. The number of rotatable bonds is 2. The molecule has 0 atom stereocenters. The van der Waals surface area contributed by atoms with Crippen LogP contribution in [0.5, 0.6) is 0 Å². The number of hydrogen-bond acceptors (Lipinski definition) is 5. The van der Waals surface area contributed by atoms with Gasteiger partial charge >= 0.3 is 0 Å². The van der Waals surface area contributed by atoms with Gasteiger partial charge in [0, 0.05) is 6.07 Å². The lowest BCUT2D eigenvalue weighted by Crippen LogP contribution is -2.06. The zero-order valence-electron chi connectivity index (χ0n) is 8.99. The molecule has 17 heavy (non-hydrogen) atoms. The lowest BCUT2D eigenvalue weighted by atomic mass is 10.2. The molecule has 84 valence electrons. The summed E-state index contributed by atoms with van der Waals surface area (Å²) in [4.78, 5) is 12.7. The lowest BCUT2D eigenvalue weighted by Gasteiger charge is -1.97. The van der Waals surface area contributed by atoms with Crippen LogP contribution in [0.1, 0.15) is 21.1 Å². The minimum absolute atomic E-state index is 0.123. The van der Waals surface area contributed by atoms with Crippen LogP contribution in [0.4, 0.5) is 0 Å². The highest BCUT2D eigenvalue weighted by Gasteiger charge is 2.13. The van der Waals surface area contributed by atoms with Gasteiger partial charge in [-0.05, 0) is 18.4 Å². The van der Waals surface area contributed by atoms with Gasteiger partial charge in [-0.3, -0.25) is 4.79 Å². The highest BCUT2D eigenvalue weighted by Crippen LogP contribution is 2.13. The van der Waals surface area contributed by atoms with Crippen LogP contribution in [0, 0.1) is 6.92 Å². The van der Waals surface area contributed by atoms with Gasteiger partial charge in [-0.25, -0.2) is 4.52 Å². The Hall–Kier alpha value is -2.08. The van der Waals surface area contributed by atoms with Crippen molar-refractivity contribution in [2.45, 2.75) is 6.92 Å². The van der Waals surface area contributed by atoms with Crippen LogP contribution in [-0.2, 0) is 0 Å². The molecule has 6 heteroatoms. The van der Waals surface area contributed by atoms with Gasteiger partial charge in [0.15, 0.2) is 11.3 Å². The molecule has 3 aromatic heterocycles. The van der Waals surface area contributed by atoms with E-state index in [0.29, 0.717) is 16.2 Å². The van der Waals surface area contributed by atoms with E-state index in [0.717, 1.165) is 5.69 Å². The van der Waals surface area contributed by atoms with E-state index in [9.17, 15) is 4.79 Å². The molecule has 0 aliphatic rings. The standard InChI is InChI=1S/C11H8N4OS/c1-7-5-10-13-12-8(6-15(10)14-7)11(16)9-3-2-4-17-9/h2-6H,1H3. The Morgan fingerprint density at radius 1 is 1.41 bits per heavy atom. The molecule has 0 saturated carbocycles. The second-order valence-electron chi connectivity index (χ2n) is 3.61. The van der Waals surface area contributed by atoms with Crippen LogP contribution in [-0.4, -0.2) is 25.6 Å². The van der Waals surface area contributed by atoms with Crippen molar-refractivity contribution in [3.8, 4) is 0 Å². The lowest BCUT2D eigenvalue weighted by molar-refractivity contribution is 0.103. The van der Waals surface area contributed by atoms with Crippen molar-refractivity contribution in [1.82, 2.24) is 19.8 Å². The maximum Gasteiger partial charge on any atom is 0.224 e. The second-order valence-corrected chi connectivity index (χ2v) is 4.56. The first-order chi connectivity index (χ1) is 8.24. The van der Waals surface area contributed by atoms with Crippen LogP contribution in [0.15, 0.2) is 29.8 Å². The summed E-state index contributed by atoms with van der Waals surface area (Å²) in [7, 11) is 0. The Morgan fingerprint density at radius 3 is 3.06 bits per heavy atom. The second kappa shape index (κ2) is 3.74. The van der Waals surface area contributed by atoms with Gasteiger partial charge in [0.2, 0.25) is 5.78 Å². The van der Waals surface area contributed by atoms with Crippen molar-refractivity contribution in [2.24, 2.45) is 0 Å². The van der Waals surface area contributed by atoms with Crippen LogP contribution < -0.4 is 0 Å². The number of carbonyl (C=O) groups is 1. The Balaban J connectivity index is 2.09. The number of thiophene rings is 1. The van der Waals surface area contributed by atoms with Gasteiger partial charge in [0.25, 0.3) is 0 Å². The quantitative estimate of drug-likeness (QED) is 0.644. The van der Waals surface area contributed by atoms with Crippen molar-refractivity contribution in [1.29, 1.82) is 0 Å². The Kier molecular flexibility index (Phi) is 2.22. The molecule has 0 unspecified atom stereocenters. The molecule has 0 aliphatic heterocycles. The van der Waals surface area contributed by atoms with E-state index in [1.54, 1.807) is 16.8 Å². The molecule has 3 aromatic rings. The largest absolute Gasteiger partial charge is 0.286 e. The topological polar surface area (TPSA) is 60.2 Å². The minimum atomic E-state index is -0.123. The molecule has 0 saturated heterocycles. The molecule has 0 radical (unpaired) electrons. The van der Waals surface area contributed by atoms with E-state index in [2.05, 4.69) is 15.3 Å². The van der Waals surface area contributed by atoms with Crippen molar-refractivity contribution in [3.05, 3.63) is 46.0 Å². The maximum atomic E-state index is 12.0. The van der Waals surface area contributed by atoms with Crippen LogP contribution >= 0.6 is 11.3 Å². The fourth-order valence-electron chi connectivity index (χ4n) is 1.56. The Labute approximate surface area is 101 Å². The summed E-state index contributed by atoms with van der Waals surface area (Å²) in [5, 5.41) is 14.0. The van der Waals surface area contributed by atoms with Crippen molar-refractivity contribution >= 4 is 22.8 Å². The van der Waals surface area contributed by atoms with Gasteiger partial charge in [0.1, 0.15) is 0 Å². The smallest absolute Gasteiger partial charge is 0.224 e. The molecule has 0 aromatic carbocycles. The van der Waals surface area contributed by atoms with Crippen molar-refractivity contribution in [2.75, 3.05) is 0 Å². The van der Waals surface area contributed by atoms with Gasteiger partial charge in [-0.2, -0.15) is 5.10 Å². The van der Waals surface area contributed by atoms with E-state index in [-0.39, 0.29) is 5.78 Å². The van der Waals surface area contributed by atoms with Crippen LogP contribution in [0.25, 0.3) is 5.65 Å². The first-order valence-corrected chi connectivity index (χ1v) is 5.90.